The second-order valence-electron chi connectivity index (χ2n) is 8.43. The molecule has 1 saturated heterocycles. The standard InChI is InChI=1S/C25H24ClF4N5O3/c1-37-20-12-18-15(24(32-13-31-18)34-17-5-4-16(27)22(26)23(17)28)11-19(20)33-21(36)3-2-8-35-9-6-14(7-10-35)38-25(29)30/h2-5,11-14,25H,6-10H2,1H3,(H,33,36)(H,31,32,34)/b3-2+. The number of nitrogens with one attached hydrogen (secondary N) is 2. The van der Waals surface area contributed by atoms with Crippen LogP contribution in [0.1, 0.15) is 12.8 Å². The van der Waals surface area contributed by atoms with E-state index in [2.05, 4.69) is 25.3 Å². The predicted octanol–water partition coefficient (Wildman–Crippen LogP) is 5.51. The number of rotatable bonds is 9. The molecule has 1 aromatic heterocycles. The Balaban J connectivity index is 1.46. The Bertz CT molecular complexity index is 1340. The maximum atomic E-state index is 14.4. The number of benzene rings is 2. The van der Waals surface area contributed by atoms with Crippen molar-refractivity contribution in [2.24, 2.45) is 0 Å². The Labute approximate surface area is 220 Å². The molecular weight excluding hydrogens is 530 g/mol. The first kappa shape index (κ1) is 27.6. The number of anilines is 3. The molecule has 1 fully saturated rings. The average Bonchev–Trinajstić information content (AvgIpc) is 2.89. The maximum Gasteiger partial charge on any atom is 0.345 e. The van der Waals surface area contributed by atoms with Crippen LogP contribution in [0, 0.1) is 11.6 Å². The maximum absolute atomic E-state index is 14.4. The normalized spacial score (nSPS) is 14.9. The van der Waals surface area contributed by atoms with Crippen molar-refractivity contribution in [1.82, 2.24) is 14.9 Å². The predicted molar refractivity (Wildman–Crippen MR) is 135 cm³/mol. The van der Waals surface area contributed by atoms with E-state index in [4.69, 9.17) is 16.3 Å². The van der Waals surface area contributed by atoms with Crippen LogP contribution >= 0.6 is 11.6 Å². The molecule has 2 aromatic carbocycles. The Hall–Kier alpha value is -3.48. The van der Waals surface area contributed by atoms with E-state index >= 15 is 0 Å². The minimum Gasteiger partial charge on any atom is -0.494 e. The van der Waals surface area contributed by atoms with Gasteiger partial charge in [-0.3, -0.25) is 9.69 Å². The summed E-state index contributed by atoms with van der Waals surface area (Å²) in [5, 5.41) is 5.30. The van der Waals surface area contributed by atoms with Crippen molar-refractivity contribution in [3.05, 3.63) is 59.4 Å². The minimum absolute atomic E-state index is 0.0921. The summed E-state index contributed by atoms with van der Waals surface area (Å²) in [4.78, 5) is 23.0. The molecular formula is C25H24ClF4N5O3. The van der Waals surface area contributed by atoms with Gasteiger partial charge in [0.1, 0.15) is 28.7 Å². The molecule has 0 aliphatic carbocycles. The molecule has 0 saturated carbocycles. The van der Waals surface area contributed by atoms with Gasteiger partial charge < -0.3 is 20.1 Å². The highest BCUT2D eigenvalue weighted by atomic mass is 35.5. The molecule has 3 aromatic rings. The van der Waals surface area contributed by atoms with Gasteiger partial charge in [-0.1, -0.05) is 17.7 Å². The number of halogens is 5. The second-order valence-corrected chi connectivity index (χ2v) is 8.81. The smallest absolute Gasteiger partial charge is 0.345 e. The van der Waals surface area contributed by atoms with Crippen LogP contribution in [0.15, 0.2) is 42.7 Å². The van der Waals surface area contributed by atoms with Crippen molar-refractivity contribution >= 4 is 45.6 Å². The van der Waals surface area contributed by atoms with Crippen LogP contribution in [0.4, 0.5) is 34.8 Å². The Kier molecular flexibility index (Phi) is 8.97. The average molecular weight is 554 g/mol. The molecule has 2 N–H and O–H groups in total. The van der Waals surface area contributed by atoms with Gasteiger partial charge in [-0.2, -0.15) is 8.78 Å². The molecule has 1 amide bonds. The fourth-order valence-electron chi connectivity index (χ4n) is 4.06. The van der Waals surface area contributed by atoms with Crippen molar-refractivity contribution in [1.29, 1.82) is 0 Å². The van der Waals surface area contributed by atoms with Crippen LogP contribution in [0.25, 0.3) is 10.9 Å². The molecule has 1 aliphatic heterocycles. The highest BCUT2D eigenvalue weighted by molar-refractivity contribution is 6.31. The lowest BCUT2D eigenvalue weighted by Crippen LogP contribution is -2.37. The topological polar surface area (TPSA) is 88.6 Å². The van der Waals surface area contributed by atoms with Crippen LogP contribution in [0.3, 0.4) is 0 Å². The van der Waals surface area contributed by atoms with E-state index in [0.717, 1.165) is 6.07 Å². The summed E-state index contributed by atoms with van der Waals surface area (Å²) in [6, 6.07) is 5.37. The molecule has 0 unspecified atom stereocenters. The summed E-state index contributed by atoms with van der Waals surface area (Å²) in [5.74, 6) is -1.77. The zero-order valence-corrected chi connectivity index (χ0v) is 20.9. The van der Waals surface area contributed by atoms with Gasteiger partial charge in [-0.15, -0.1) is 0 Å². The van der Waals surface area contributed by atoms with Crippen LogP contribution in [0.2, 0.25) is 5.02 Å². The highest BCUT2D eigenvalue weighted by Gasteiger charge is 2.22. The molecule has 0 spiro atoms. The third-order valence-corrected chi connectivity index (χ3v) is 6.31. The number of methoxy groups -OCH3 is 1. The lowest BCUT2D eigenvalue weighted by molar-refractivity contribution is -0.172. The number of likely N-dealkylation sites (tertiary alicyclic amines) is 1. The van der Waals surface area contributed by atoms with Crippen LogP contribution < -0.4 is 15.4 Å². The summed E-state index contributed by atoms with van der Waals surface area (Å²) in [6.45, 7) is -1.14. The van der Waals surface area contributed by atoms with Gasteiger partial charge in [-0.25, -0.2) is 18.7 Å². The van der Waals surface area contributed by atoms with Gasteiger partial charge >= 0.3 is 6.61 Å². The van der Waals surface area contributed by atoms with Gasteiger partial charge in [0.25, 0.3) is 0 Å². The molecule has 202 valence electrons. The van der Waals surface area contributed by atoms with Crippen LogP contribution in [0.5, 0.6) is 5.75 Å². The number of amides is 1. The Morgan fingerprint density at radius 2 is 1.97 bits per heavy atom. The molecule has 8 nitrogen and oxygen atoms in total. The van der Waals surface area contributed by atoms with E-state index < -0.39 is 35.3 Å². The number of piperidine rings is 1. The monoisotopic (exact) mass is 553 g/mol. The number of carbonyl (C=O) groups is 1. The number of aromatic nitrogens is 2. The summed E-state index contributed by atoms with van der Waals surface area (Å²) in [6.07, 6.45) is 4.82. The summed E-state index contributed by atoms with van der Waals surface area (Å²) in [5.41, 5.74) is 0.668. The molecule has 1 aliphatic rings. The zero-order chi connectivity index (χ0) is 27.2. The number of carbonyl (C=O) groups excluding carboxylic acids is 1. The van der Waals surface area contributed by atoms with Crippen molar-refractivity contribution in [2.45, 2.75) is 25.6 Å². The van der Waals surface area contributed by atoms with E-state index in [1.165, 1.54) is 25.6 Å². The molecule has 4 rings (SSSR count). The largest absolute Gasteiger partial charge is 0.494 e. The van der Waals surface area contributed by atoms with Gasteiger partial charge in [0.15, 0.2) is 5.82 Å². The molecule has 0 radical (unpaired) electrons. The van der Waals surface area contributed by atoms with Crippen molar-refractivity contribution < 1.29 is 31.8 Å². The van der Waals surface area contributed by atoms with E-state index in [9.17, 15) is 22.4 Å². The van der Waals surface area contributed by atoms with E-state index in [-0.39, 0.29) is 11.5 Å². The molecule has 13 heteroatoms. The zero-order valence-electron chi connectivity index (χ0n) is 20.2. The number of hydrogen-bond donors (Lipinski definition) is 2. The van der Waals surface area contributed by atoms with E-state index in [0.29, 0.717) is 54.8 Å². The van der Waals surface area contributed by atoms with Crippen LogP contribution in [-0.4, -0.2) is 60.2 Å². The summed E-state index contributed by atoms with van der Waals surface area (Å²) >= 11 is 5.68. The van der Waals surface area contributed by atoms with E-state index in [1.807, 2.05) is 4.90 Å². The van der Waals surface area contributed by atoms with Crippen molar-refractivity contribution in [2.75, 3.05) is 37.4 Å². The van der Waals surface area contributed by atoms with Gasteiger partial charge in [-0.05, 0) is 31.0 Å². The SMILES string of the molecule is COc1cc2ncnc(Nc3ccc(F)c(Cl)c3F)c2cc1NC(=O)/C=C/CN1CCC(OC(F)F)CC1. The van der Waals surface area contributed by atoms with Gasteiger partial charge in [0.05, 0.1) is 30.1 Å². The fraction of sp³-hybridized carbons (Fsp3) is 0.320. The number of fused-ring (bicyclic) bond motifs is 1. The fourth-order valence-corrected chi connectivity index (χ4v) is 4.22. The Morgan fingerprint density at radius 1 is 1.21 bits per heavy atom. The third-order valence-electron chi connectivity index (χ3n) is 5.97. The number of ether oxygens (including phenoxy) is 2. The lowest BCUT2D eigenvalue weighted by atomic mass is 10.1. The minimum atomic E-state index is -2.77. The number of alkyl halides is 2. The first-order valence-electron chi connectivity index (χ1n) is 11.6. The van der Waals surface area contributed by atoms with Crippen molar-refractivity contribution in [3.8, 4) is 5.75 Å². The quantitative estimate of drug-likeness (QED) is 0.205. The third kappa shape index (κ3) is 6.69. The summed E-state index contributed by atoms with van der Waals surface area (Å²) < 4.78 is 62.6. The van der Waals surface area contributed by atoms with Crippen LogP contribution in [-0.2, 0) is 9.53 Å². The van der Waals surface area contributed by atoms with Crippen molar-refractivity contribution in [3.63, 3.8) is 0 Å². The first-order valence-corrected chi connectivity index (χ1v) is 12.0. The van der Waals surface area contributed by atoms with E-state index in [1.54, 1.807) is 18.2 Å². The summed E-state index contributed by atoms with van der Waals surface area (Å²) in [7, 11) is 1.43. The lowest BCUT2D eigenvalue weighted by Gasteiger charge is -2.30. The second kappa shape index (κ2) is 12.4. The Morgan fingerprint density at radius 3 is 2.68 bits per heavy atom. The number of hydrogen-bond acceptors (Lipinski definition) is 7. The van der Waals surface area contributed by atoms with Gasteiger partial charge in [0.2, 0.25) is 5.91 Å². The first-order chi connectivity index (χ1) is 18.2. The molecule has 2 heterocycles. The number of nitrogens with zero attached hydrogens (tertiary/aromatic N) is 3. The molecule has 0 bridgehead atoms. The molecule has 38 heavy (non-hydrogen) atoms. The highest BCUT2D eigenvalue weighted by Crippen LogP contribution is 2.34. The molecule has 0 atom stereocenters. The van der Waals surface area contributed by atoms with Gasteiger partial charge in [0, 0.05) is 37.2 Å².